The monoisotopic (exact) mass is 306 g/mol. The van der Waals surface area contributed by atoms with Crippen molar-refractivity contribution < 1.29 is 4.74 Å². The molecule has 3 nitrogen and oxygen atoms in total. The molecule has 1 saturated carbocycles. The maximum Gasteiger partial charge on any atom is 0.173 e. The van der Waals surface area contributed by atoms with Gasteiger partial charge in [0.1, 0.15) is 5.75 Å². The van der Waals surface area contributed by atoms with E-state index in [1.165, 1.54) is 32.1 Å². The zero-order valence-corrected chi connectivity index (χ0v) is 13.9. The Morgan fingerprint density at radius 3 is 2.43 bits per heavy atom. The van der Waals surface area contributed by atoms with Crippen LogP contribution in [0.25, 0.3) is 0 Å². The Bertz CT molecular complexity index is 441. The van der Waals surface area contributed by atoms with Crippen molar-refractivity contribution in [3.63, 3.8) is 0 Å². The van der Waals surface area contributed by atoms with E-state index in [9.17, 15) is 0 Å². The van der Waals surface area contributed by atoms with Gasteiger partial charge in [0.05, 0.1) is 6.61 Å². The summed E-state index contributed by atoms with van der Waals surface area (Å²) < 4.78 is 5.46. The molecule has 0 aliphatic heterocycles. The van der Waals surface area contributed by atoms with Gasteiger partial charge in [-0.2, -0.15) is 0 Å². The predicted octanol–water partition coefficient (Wildman–Crippen LogP) is 4.44. The lowest BCUT2D eigenvalue weighted by atomic mass is 9.94. The molecule has 1 aliphatic rings. The zero-order valence-electron chi connectivity index (χ0n) is 13.1. The van der Waals surface area contributed by atoms with Crippen LogP contribution in [0.1, 0.15) is 46.0 Å². The van der Waals surface area contributed by atoms with E-state index in [1.807, 2.05) is 31.2 Å². The zero-order chi connectivity index (χ0) is 15.1. The minimum Gasteiger partial charge on any atom is -0.494 e. The summed E-state index contributed by atoms with van der Waals surface area (Å²) in [5, 5.41) is 4.20. The summed E-state index contributed by atoms with van der Waals surface area (Å²) in [5.41, 5.74) is 1.03. The van der Waals surface area contributed by atoms with Gasteiger partial charge < -0.3 is 15.0 Å². The van der Waals surface area contributed by atoms with E-state index in [0.717, 1.165) is 23.1 Å². The first-order valence-corrected chi connectivity index (χ1v) is 8.46. The lowest BCUT2D eigenvalue weighted by Crippen LogP contribution is -2.43. The highest BCUT2D eigenvalue weighted by Crippen LogP contribution is 2.23. The van der Waals surface area contributed by atoms with E-state index in [0.29, 0.717) is 12.6 Å². The largest absolute Gasteiger partial charge is 0.494 e. The number of nitrogens with zero attached hydrogens (tertiary/aromatic N) is 1. The molecule has 0 bridgehead atoms. The number of rotatable bonds is 5. The fraction of sp³-hybridized carbons (Fsp3) is 0.588. The van der Waals surface area contributed by atoms with Crippen LogP contribution in [0.2, 0.25) is 0 Å². The highest BCUT2D eigenvalue weighted by atomic mass is 32.1. The van der Waals surface area contributed by atoms with E-state index in [-0.39, 0.29) is 0 Å². The first kappa shape index (κ1) is 16.1. The lowest BCUT2D eigenvalue weighted by molar-refractivity contribution is 0.255. The normalized spacial score (nSPS) is 15.5. The van der Waals surface area contributed by atoms with Gasteiger partial charge in [0.25, 0.3) is 0 Å². The van der Waals surface area contributed by atoms with Crippen LogP contribution < -0.4 is 10.1 Å². The smallest absolute Gasteiger partial charge is 0.173 e. The summed E-state index contributed by atoms with van der Waals surface area (Å²) in [5.74, 6) is 0.897. The maximum absolute atomic E-state index is 5.61. The molecule has 21 heavy (non-hydrogen) atoms. The van der Waals surface area contributed by atoms with Crippen molar-refractivity contribution in [1.29, 1.82) is 0 Å². The molecule has 0 amide bonds. The fourth-order valence-corrected chi connectivity index (χ4v) is 3.35. The molecule has 1 N–H and O–H groups in total. The third-order valence-corrected chi connectivity index (χ3v) is 4.37. The van der Waals surface area contributed by atoms with E-state index in [4.69, 9.17) is 17.0 Å². The predicted molar refractivity (Wildman–Crippen MR) is 93.1 cm³/mol. The number of nitrogens with one attached hydrogen (secondary N) is 1. The molecule has 2 rings (SSSR count). The van der Waals surface area contributed by atoms with Gasteiger partial charge in [-0.3, -0.25) is 0 Å². The summed E-state index contributed by atoms with van der Waals surface area (Å²) in [6.07, 6.45) is 6.55. The SMILES string of the molecule is CCOc1ccc(NC(=S)N(CC)C2CCCCC2)cc1. The topological polar surface area (TPSA) is 24.5 Å². The second kappa shape index (κ2) is 8.23. The first-order chi connectivity index (χ1) is 10.2. The van der Waals surface area contributed by atoms with Crippen LogP contribution in [0, 0.1) is 0 Å². The van der Waals surface area contributed by atoms with Crippen molar-refractivity contribution in [2.75, 3.05) is 18.5 Å². The van der Waals surface area contributed by atoms with Crippen molar-refractivity contribution in [2.24, 2.45) is 0 Å². The fourth-order valence-electron chi connectivity index (χ4n) is 2.96. The number of thiocarbonyl (C=S) groups is 1. The first-order valence-electron chi connectivity index (χ1n) is 8.05. The van der Waals surface area contributed by atoms with Crippen LogP contribution in [-0.4, -0.2) is 29.2 Å². The van der Waals surface area contributed by atoms with Gasteiger partial charge in [-0.05, 0) is 63.2 Å². The van der Waals surface area contributed by atoms with Gasteiger partial charge in [0.15, 0.2) is 5.11 Å². The van der Waals surface area contributed by atoms with E-state index in [2.05, 4.69) is 17.1 Å². The third-order valence-electron chi connectivity index (χ3n) is 4.03. The molecule has 4 heteroatoms. The highest BCUT2D eigenvalue weighted by Gasteiger charge is 2.21. The van der Waals surface area contributed by atoms with Crippen LogP contribution in [-0.2, 0) is 0 Å². The summed E-state index contributed by atoms with van der Waals surface area (Å²) in [6, 6.07) is 8.60. The number of ether oxygens (including phenoxy) is 1. The summed E-state index contributed by atoms with van der Waals surface area (Å²) in [7, 11) is 0. The van der Waals surface area contributed by atoms with Crippen LogP contribution >= 0.6 is 12.2 Å². The number of benzene rings is 1. The van der Waals surface area contributed by atoms with Crippen LogP contribution in [0.15, 0.2) is 24.3 Å². The van der Waals surface area contributed by atoms with Crippen molar-refractivity contribution in [3.05, 3.63) is 24.3 Å². The molecule has 0 unspecified atom stereocenters. The average Bonchev–Trinajstić information content (AvgIpc) is 2.51. The number of anilines is 1. The lowest BCUT2D eigenvalue weighted by Gasteiger charge is -2.35. The molecule has 116 valence electrons. The molecule has 1 aromatic carbocycles. The molecule has 1 fully saturated rings. The molecule has 0 saturated heterocycles. The Hall–Kier alpha value is -1.29. The Labute approximate surface area is 133 Å². The van der Waals surface area contributed by atoms with Crippen LogP contribution in [0.3, 0.4) is 0 Å². The molecule has 1 aromatic rings. The Morgan fingerprint density at radius 1 is 1.19 bits per heavy atom. The standard InChI is InChI=1S/C17H26N2OS/c1-3-19(15-8-6-5-7-9-15)17(21)18-14-10-12-16(13-11-14)20-4-2/h10-13,15H,3-9H2,1-2H3,(H,18,21). The second-order valence-electron chi connectivity index (χ2n) is 5.47. The minimum absolute atomic E-state index is 0.603. The van der Waals surface area contributed by atoms with Gasteiger partial charge >= 0.3 is 0 Å². The van der Waals surface area contributed by atoms with E-state index >= 15 is 0 Å². The summed E-state index contributed by atoms with van der Waals surface area (Å²) in [6.45, 7) is 5.83. The van der Waals surface area contributed by atoms with Gasteiger partial charge in [0.2, 0.25) is 0 Å². The van der Waals surface area contributed by atoms with Crippen molar-refractivity contribution >= 4 is 23.0 Å². The Morgan fingerprint density at radius 2 is 1.86 bits per heavy atom. The van der Waals surface area contributed by atoms with E-state index in [1.54, 1.807) is 0 Å². The van der Waals surface area contributed by atoms with Gasteiger partial charge in [-0.25, -0.2) is 0 Å². The van der Waals surface area contributed by atoms with Gasteiger partial charge in [-0.1, -0.05) is 19.3 Å². The van der Waals surface area contributed by atoms with Crippen molar-refractivity contribution in [3.8, 4) is 5.75 Å². The second-order valence-corrected chi connectivity index (χ2v) is 5.85. The molecule has 0 aromatic heterocycles. The van der Waals surface area contributed by atoms with Crippen molar-refractivity contribution in [1.82, 2.24) is 4.90 Å². The van der Waals surface area contributed by atoms with Crippen molar-refractivity contribution in [2.45, 2.75) is 52.0 Å². The molecule has 0 spiro atoms. The van der Waals surface area contributed by atoms with Gasteiger partial charge in [0, 0.05) is 18.3 Å². The summed E-state index contributed by atoms with van der Waals surface area (Å²) in [4.78, 5) is 2.34. The van der Waals surface area contributed by atoms with Crippen LogP contribution in [0.5, 0.6) is 5.75 Å². The average molecular weight is 306 g/mol. The molecular weight excluding hydrogens is 280 g/mol. The van der Waals surface area contributed by atoms with Crippen LogP contribution in [0.4, 0.5) is 5.69 Å². The molecular formula is C17H26N2OS. The third kappa shape index (κ3) is 4.60. The van der Waals surface area contributed by atoms with E-state index < -0.39 is 0 Å². The molecule has 0 radical (unpaired) electrons. The van der Waals surface area contributed by atoms with Gasteiger partial charge in [-0.15, -0.1) is 0 Å². The molecule has 0 atom stereocenters. The highest BCUT2D eigenvalue weighted by molar-refractivity contribution is 7.80. The quantitative estimate of drug-likeness (QED) is 0.813. The number of hydrogen-bond acceptors (Lipinski definition) is 2. The molecule has 0 heterocycles. The summed E-state index contributed by atoms with van der Waals surface area (Å²) >= 11 is 5.61. The minimum atomic E-state index is 0.603. The maximum atomic E-state index is 5.61. The Kier molecular flexibility index (Phi) is 6.30. The number of hydrogen-bond donors (Lipinski definition) is 1. The molecule has 1 aliphatic carbocycles. The Balaban J connectivity index is 1.94.